The van der Waals surface area contributed by atoms with Crippen molar-refractivity contribution >= 4 is 5.97 Å². The van der Waals surface area contributed by atoms with Gasteiger partial charge in [-0.25, -0.2) is 8.78 Å². The van der Waals surface area contributed by atoms with Crippen molar-refractivity contribution < 1.29 is 23.0 Å². The summed E-state index contributed by atoms with van der Waals surface area (Å²) in [7, 11) is 0. The van der Waals surface area contributed by atoms with Crippen LogP contribution in [0.1, 0.15) is 50.3 Å². The van der Waals surface area contributed by atoms with E-state index in [0.717, 1.165) is 43.6 Å². The van der Waals surface area contributed by atoms with E-state index in [1.54, 1.807) is 24.3 Å². The molecule has 1 saturated heterocycles. The fourth-order valence-electron chi connectivity index (χ4n) is 4.48. The highest BCUT2D eigenvalue weighted by molar-refractivity contribution is 5.69. The molecule has 1 fully saturated rings. The number of benzene rings is 2. The zero-order valence-electron chi connectivity index (χ0n) is 18.9. The van der Waals surface area contributed by atoms with Crippen molar-refractivity contribution in [3.63, 3.8) is 0 Å². The Morgan fingerprint density at radius 1 is 1.00 bits per heavy atom. The average molecular weight is 446 g/mol. The third kappa shape index (κ3) is 6.84. The largest absolute Gasteiger partial charge is 0.466 e. The van der Waals surface area contributed by atoms with Gasteiger partial charge in [0.15, 0.2) is 0 Å². The van der Waals surface area contributed by atoms with Gasteiger partial charge in [0.25, 0.3) is 0 Å². The van der Waals surface area contributed by atoms with Gasteiger partial charge in [-0.05, 0) is 67.1 Å². The van der Waals surface area contributed by atoms with Crippen molar-refractivity contribution in [3.8, 4) is 0 Å². The number of halogens is 2. The van der Waals surface area contributed by atoms with Gasteiger partial charge in [0.05, 0.1) is 13.2 Å². The summed E-state index contributed by atoms with van der Waals surface area (Å²) in [5.41, 5.74) is 1.66. The predicted octanol–water partition coefficient (Wildman–Crippen LogP) is 5.37. The lowest BCUT2D eigenvalue weighted by Gasteiger charge is -2.38. The molecule has 6 heteroatoms. The van der Waals surface area contributed by atoms with Crippen LogP contribution in [-0.2, 0) is 14.3 Å². The fourth-order valence-corrected chi connectivity index (χ4v) is 4.48. The number of esters is 1. The zero-order chi connectivity index (χ0) is 22.9. The molecule has 2 aromatic carbocycles. The van der Waals surface area contributed by atoms with Gasteiger partial charge in [-0.2, -0.15) is 0 Å². The van der Waals surface area contributed by atoms with Crippen LogP contribution < -0.4 is 0 Å². The maximum absolute atomic E-state index is 13.4. The molecule has 0 unspecified atom stereocenters. The van der Waals surface area contributed by atoms with Crippen molar-refractivity contribution in [1.82, 2.24) is 4.90 Å². The Bertz CT molecular complexity index is 796. The first kappa shape index (κ1) is 24.3. The summed E-state index contributed by atoms with van der Waals surface area (Å²) >= 11 is 0. The van der Waals surface area contributed by atoms with Gasteiger partial charge in [-0.1, -0.05) is 37.6 Å². The maximum atomic E-state index is 13.4. The minimum absolute atomic E-state index is 0.103. The minimum Gasteiger partial charge on any atom is -0.466 e. The van der Waals surface area contributed by atoms with Crippen LogP contribution in [0.3, 0.4) is 0 Å². The topological polar surface area (TPSA) is 38.8 Å². The first-order valence-corrected chi connectivity index (χ1v) is 11.5. The predicted molar refractivity (Wildman–Crippen MR) is 120 cm³/mol. The monoisotopic (exact) mass is 445 g/mol. The van der Waals surface area contributed by atoms with Crippen LogP contribution >= 0.6 is 0 Å². The quantitative estimate of drug-likeness (QED) is 0.461. The molecule has 2 atom stereocenters. The molecule has 0 spiro atoms. The van der Waals surface area contributed by atoms with Crippen molar-refractivity contribution in [2.24, 2.45) is 11.8 Å². The van der Waals surface area contributed by atoms with Crippen molar-refractivity contribution in [3.05, 3.63) is 71.3 Å². The Morgan fingerprint density at radius 2 is 1.59 bits per heavy atom. The lowest BCUT2D eigenvalue weighted by molar-refractivity contribution is -0.145. The summed E-state index contributed by atoms with van der Waals surface area (Å²) in [5, 5.41) is 0. The van der Waals surface area contributed by atoms with E-state index in [0.29, 0.717) is 31.5 Å². The van der Waals surface area contributed by atoms with Crippen LogP contribution in [0.2, 0.25) is 0 Å². The molecule has 1 heterocycles. The van der Waals surface area contributed by atoms with E-state index in [2.05, 4.69) is 11.8 Å². The van der Waals surface area contributed by atoms with Crippen LogP contribution in [0.25, 0.3) is 0 Å². The van der Waals surface area contributed by atoms with Crippen LogP contribution in [0.15, 0.2) is 48.5 Å². The number of hydrogen-bond donors (Lipinski definition) is 0. The van der Waals surface area contributed by atoms with Gasteiger partial charge in [0, 0.05) is 19.5 Å². The molecule has 3 rings (SSSR count). The fraction of sp³-hybridized carbons (Fsp3) is 0.500. The molecule has 0 saturated carbocycles. The zero-order valence-corrected chi connectivity index (χ0v) is 18.9. The summed E-state index contributed by atoms with van der Waals surface area (Å²) in [5.74, 6) is 0.112. The first-order chi connectivity index (χ1) is 15.5. The number of likely N-dealkylation sites (tertiary alicyclic amines) is 1. The summed E-state index contributed by atoms with van der Waals surface area (Å²) in [6.07, 6.45) is 2.10. The lowest BCUT2D eigenvalue weighted by atomic mass is 9.81. The Balaban J connectivity index is 1.58. The van der Waals surface area contributed by atoms with Gasteiger partial charge < -0.3 is 14.4 Å². The average Bonchev–Trinajstić information content (AvgIpc) is 2.79. The Labute approximate surface area is 189 Å². The number of carbonyl (C=O) groups excluding carboxylic acids is 1. The highest BCUT2D eigenvalue weighted by atomic mass is 19.1. The summed E-state index contributed by atoms with van der Waals surface area (Å²) in [6.45, 7) is 7.54. The van der Waals surface area contributed by atoms with Crippen LogP contribution in [0.5, 0.6) is 0 Å². The number of carbonyl (C=O) groups is 1. The Morgan fingerprint density at radius 3 is 2.12 bits per heavy atom. The molecule has 0 aromatic heterocycles. The highest BCUT2D eigenvalue weighted by Gasteiger charge is 2.30. The van der Waals surface area contributed by atoms with E-state index in [-0.39, 0.29) is 23.7 Å². The van der Waals surface area contributed by atoms with Crippen molar-refractivity contribution in [2.45, 2.75) is 39.2 Å². The first-order valence-electron chi connectivity index (χ1n) is 11.5. The Hall–Kier alpha value is -2.31. The number of ether oxygens (including phenoxy) is 2. The van der Waals surface area contributed by atoms with Crippen LogP contribution in [0, 0.1) is 23.5 Å². The number of nitrogens with zero attached hydrogens (tertiary/aromatic N) is 1. The number of rotatable bonds is 10. The van der Waals surface area contributed by atoms with Crippen LogP contribution in [-0.4, -0.2) is 43.7 Å². The molecule has 32 heavy (non-hydrogen) atoms. The van der Waals surface area contributed by atoms with Gasteiger partial charge in [-0.15, -0.1) is 0 Å². The molecule has 2 aromatic rings. The normalized spacial score (nSPS) is 19.3. The third-order valence-electron chi connectivity index (χ3n) is 6.27. The molecular formula is C26H33F2NO3. The molecule has 174 valence electrons. The summed E-state index contributed by atoms with van der Waals surface area (Å²) in [4.78, 5) is 14.3. The van der Waals surface area contributed by atoms with Crippen LogP contribution in [0.4, 0.5) is 8.78 Å². The molecule has 0 radical (unpaired) electrons. The van der Waals surface area contributed by atoms with E-state index in [9.17, 15) is 13.6 Å². The smallest absolute Gasteiger partial charge is 0.306 e. The molecule has 0 aliphatic carbocycles. The van der Waals surface area contributed by atoms with Gasteiger partial charge in [-0.3, -0.25) is 4.79 Å². The van der Waals surface area contributed by atoms with E-state index in [1.165, 1.54) is 24.3 Å². The van der Waals surface area contributed by atoms with E-state index < -0.39 is 0 Å². The van der Waals surface area contributed by atoms with E-state index in [1.807, 2.05) is 6.92 Å². The molecule has 1 aliphatic rings. The van der Waals surface area contributed by atoms with Gasteiger partial charge in [0.2, 0.25) is 0 Å². The number of piperidine rings is 1. The second-order valence-corrected chi connectivity index (χ2v) is 8.38. The Kier molecular flexibility index (Phi) is 9.18. The standard InChI is InChI=1S/C26H33F2NO3/c1-3-19-18-29(14-13-22(19)17-25(30)31-4-2)15-16-32-26(20-5-9-23(27)10-6-20)21-7-11-24(28)12-8-21/h5-12,19,22,26H,3-4,13-18H2,1-2H3/t19-,22+/m1/s1. The molecule has 1 aliphatic heterocycles. The molecule has 0 N–H and O–H groups in total. The SMILES string of the molecule is CCOC(=O)C[C@@H]1CCN(CCOC(c2ccc(F)cc2)c2ccc(F)cc2)C[C@H]1CC. The maximum Gasteiger partial charge on any atom is 0.306 e. The summed E-state index contributed by atoms with van der Waals surface area (Å²) < 4.78 is 38.2. The van der Waals surface area contributed by atoms with E-state index >= 15 is 0 Å². The second-order valence-electron chi connectivity index (χ2n) is 8.38. The third-order valence-corrected chi connectivity index (χ3v) is 6.27. The minimum atomic E-state index is -0.389. The molecule has 4 nitrogen and oxygen atoms in total. The second kappa shape index (κ2) is 12.1. The van der Waals surface area contributed by atoms with Gasteiger partial charge >= 0.3 is 5.97 Å². The summed E-state index contributed by atoms with van der Waals surface area (Å²) in [6, 6.07) is 12.5. The molecular weight excluding hydrogens is 412 g/mol. The molecule has 0 bridgehead atoms. The lowest BCUT2D eigenvalue weighted by Crippen LogP contribution is -2.42. The van der Waals surface area contributed by atoms with Crippen molar-refractivity contribution in [1.29, 1.82) is 0 Å². The van der Waals surface area contributed by atoms with Crippen molar-refractivity contribution in [2.75, 3.05) is 32.8 Å². The van der Waals surface area contributed by atoms with E-state index in [4.69, 9.17) is 9.47 Å². The number of hydrogen-bond acceptors (Lipinski definition) is 4. The molecule has 0 amide bonds. The highest BCUT2D eigenvalue weighted by Crippen LogP contribution is 2.30. The van der Waals surface area contributed by atoms with Gasteiger partial charge in [0.1, 0.15) is 17.7 Å².